The Labute approximate surface area is 84.7 Å². The van der Waals surface area contributed by atoms with Gasteiger partial charge in [-0.2, -0.15) is 0 Å². The molecule has 0 unspecified atom stereocenters. The Morgan fingerprint density at radius 3 is 2.67 bits per heavy atom. The molecule has 0 aliphatic rings. The SMILES string of the molecule is OBOCc1cccc(OC(F)(F)F)c1. The summed E-state index contributed by atoms with van der Waals surface area (Å²) in [7, 11) is -0.482. The molecule has 1 rings (SSSR count). The molecule has 1 aromatic carbocycles. The van der Waals surface area contributed by atoms with E-state index in [4.69, 9.17) is 5.02 Å². The third kappa shape index (κ3) is 4.71. The van der Waals surface area contributed by atoms with E-state index < -0.39 is 14.0 Å². The number of rotatable bonds is 4. The molecule has 15 heavy (non-hydrogen) atoms. The maximum Gasteiger partial charge on any atom is 0.573 e. The van der Waals surface area contributed by atoms with Crippen LogP contribution < -0.4 is 4.74 Å². The smallest absolute Gasteiger partial charge is 0.430 e. The van der Waals surface area contributed by atoms with Crippen molar-refractivity contribution in [3.63, 3.8) is 0 Å². The van der Waals surface area contributed by atoms with E-state index in [0.29, 0.717) is 5.56 Å². The van der Waals surface area contributed by atoms with Gasteiger partial charge in [-0.25, -0.2) is 0 Å². The van der Waals surface area contributed by atoms with Gasteiger partial charge in [-0.15, -0.1) is 13.2 Å². The highest BCUT2D eigenvalue weighted by Gasteiger charge is 2.31. The molecule has 0 aromatic heterocycles. The van der Waals surface area contributed by atoms with Crippen molar-refractivity contribution in [1.29, 1.82) is 0 Å². The summed E-state index contributed by atoms with van der Waals surface area (Å²) in [5.74, 6) is -0.304. The van der Waals surface area contributed by atoms with Crippen molar-refractivity contribution in [2.45, 2.75) is 13.0 Å². The molecule has 1 N–H and O–H groups in total. The lowest BCUT2D eigenvalue weighted by Gasteiger charge is -2.09. The van der Waals surface area contributed by atoms with E-state index >= 15 is 0 Å². The van der Waals surface area contributed by atoms with Gasteiger partial charge in [0.1, 0.15) is 5.75 Å². The Kier molecular flexibility index (Phi) is 3.99. The predicted octanol–water partition coefficient (Wildman–Crippen LogP) is 1.36. The number of halogens is 3. The highest BCUT2D eigenvalue weighted by atomic mass is 19.4. The second-order valence-electron chi connectivity index (χ2n) is 2.67. The molecule has 0 aliphatic carbocycles. The average molecular weight is 220 g/mol. The third-order valence-electron chi connectivity index (χ3n) is 1.49. The zero-order valence-electron chi connectivity index (χ0n) is 7.62. The first-order valence-corrected chi connectivity index (χ1v) is 4.04. The van der Waals surface area contributed by atoms with Crippen molar-refractivity contribution in [3.8, 4) is 5.75 Å². The molecule has 0 saturated heterocycles. The van der Waals surface area contributed by atoms with Gasteiger partial charge in [0.25, 0.3) is 0 Å². The largest absolute Gasteiger partial charge is 0.573 e. The van der Waals surface area contributed by atoms with Gasteiger partial charge in [-0.05, 0) is 17.7 Å². The minimum atomic E-state index is -4.70. The molecule has 0 spiro atoms. The van der Waals surface area contributed by atoms with E-state index in [-0.39, 0.29) is 12.4 Å². The molecule has 7 heteroatoms. The predicted molar refractivity (Wildman–Crippen MR) is 47.3 cm³/mol. The fourth-order valence-electron chi connectivity index (χ4n) is 0.996. The fraction of sp³-hybridized carbons (Fsp3) is 0.250. The van der Waals surface area contributed by atoms with E-state index in [2.05, 4.69) is 9.39 Å². The second kappa shape index (κ2) is 5.04. The minimum Gasteiger partial charge on any atom is -0.430 e. The van der Waals surface area contributed by atoms with Crippen LogP contribution in [0, 0.1) is 0 Å². The Morgan fingerprint density at radius 1 is 1.33 bits per heavy atom. The summed E-state index contributed by atoms with van der Waals surface area (Å²) in [6, 6.07) is 5.37. The standard InChI is InChI=1S/C8H8BF3O3/c10-8(11,12)15-7-3-1-2-6(4-7)5-14-9-13/h1-4,9,13H,5H2. The van der Waals surface area contributed by atoms with Crippen molar-refractivity contribution in [1.82, 2.24) is 0 Å². The van der Waals surface area contributed by atoms with E-state index in [0.717, 1.165) is 0 Å². The Balaban J connectivity index is 2.66. The van der Waals surface area contributed by atoms with Gasteiger partial charge in [0.2, 0.25) is 0 Å². The normalized spacial score (nSPS) is 11.2. The molecule has 0 heterocycles. The van der Waals surface area contributed by atoms with Crippen LogP contribution in [0.1, 0.15) is 5.56 Å². The fourth-order valence-corrected chi connectivity index (χ4v) is 0.996. The molecule has 3 nitrogen and oxygen atoms in total. The van der Waals surface area contributed by atoms with Crippen molar-refractivity contribution in [2.75, 3.05) is 0 Å². The van der Waals surface area contributed by atoms with Crippen LogP contribution in [0.15, 0.2) is 24.3 Å². The highest BCUT2D eigenvalue weighted by Crippen LogP contribution is 2.23. The number of hydrogen-bond acceptors (Lipinski definition) is 3. The maximum atomic E-state index is 11.8. The van der Waals surface area contributed by atoms with Gasteiger partial charge in [-0.1, -0.05) is 12.1 Å². The number of hydrogen-bond donors (Lipinski definition) is 1. The first kappa shape index (κ1) is 11.9. The van der Waals surface area contributed by atoms with Crippen LogP contribution in [0.5, 0.6) is 5.75 Å². The summed E-state index contributed by atoms with van der Waals surface area (Å²) in [6.45, 7) is 0.0333. The van der Waals surface area contributed by atoms with Crippen molar-refractivity contribution >= 4 is 7.69 Å². The number of alkyl halides is 3. The molecule has 0 fully saturated rings. The number of ether oxygens (including phenoxy) is 1. The molecule has 1 aromatic rings. The van der Waals surface area contributed by atoms with Gasteiger partial charge < -0.3 is 14.4 Å². The van der Waals surface area contributed by atoms with Gasteiger partial charge in [0.15, 0.2) is 0 Å². The van der Waals surface area contributed by atoms with Crippen molar-refractivity contribution in [2.24, 2.45) is 0 Å². The highest BCUT2D eigenvalue weighted by molar-refractivity contribution is 6.15. The van der Waals surface area contributed by atoms with Crippen LogP contribution in [0.2, 0.25) is 0 Å². The van der Waals surface area contributed by atoms with Gasteiger partial charge in [-0.3, -0.25) is 0 Å². The summed E-state index contributed by atoms with van der Waals surface area (Å²) >= 11 is 0. The van der Waals surface area contributed by atoms with Crippen LogP contribution in [0.25, 0.3) is 0 Å². The molecule has 0 saturated carbocycles. The van der Waals surface area contributed by atoms with E-state index in [1.54, 1.807) is 6.07 Å². The maximum absolute atomic E-state index is 11.8. The van der Waals surface area contributed by atoms with Gasteiger partial charge in [0, 0.05) is 0 Å². The summed E-state index contributed by atoms with van der Waals surface area (Å²) in [6.07, 6.45) is -4.70. The van der Waals surface area contributed by atoms with E-state index in [1.165, 1.54) is 18.2 Å². The van der Waals surface area contributed by atoms with Crippen LogP contribution in [-0.2, 0) is 11.3 Å². The molecule has 0 bridgehead atoms. The molecule has 0 radical (unpaired) electrons. The molecule has 0 amide bonds. The van der Waals surface area contributed by atoms with Crippen molar-refractivity contribution < 1.29 is 27.6 Å². The van der Waals surface area contributed by atoms with Crippen LogP contribution in [0.3, 0.4) is 0 Å². The molecular formula is C8H8BF3O3. The van der Waals surface area contributed by atoms with Gasteiger partial charge >= 0.3 is 14.0 Å². The molecule has 0 aliphatic heterocycles. The lowest BCUT2D eigenvalue weighted by Crippen LogP contribution is -2.17. The first-order chi connectivity index (χ1) is 7.01. The van der Waals surface area contributed by atoms with Crippen molar-refractivity contribution in [3.05, 3.63) is 29.8 Å². The molecule has 0 atom stereocenters. The first-order valence-electron chi connectivity index (χ1n) is 4.04. The average Bonchev–Trinajstić information content (AvgIpc) is 2.12. The number of benzene rings is 1. The monoisotopic (exact) mass is 220 g/mol. The second-order valence-corrected chi connectivity index (χ2v) is 2.67. The molecular weight excluding hydrogens is 212 g/mol. The summed E-state index contributed by atoms with van der Waals surface area (Å²) < 4.78 is 43.8. The summed E-state index contributed by atoms with van der Waals surface area (Å²) in [5, 5.41) is 8.35. The summed E-state index contributed by atoms with van der Waals surface area (Å²) in [5.41, 5.74) is 0.491. The molecule has 82 valence electrons. The van der Waals surface area contributed by atoms with E-state index in [9.17, 15) is 13.2 Å². The van der Waals surface area contributed by atoms with Crippen LogP contribution in [-0.4, -0.2) is 19.1 Å². The Hall–Kier alpha value is -1.21. The quantitative estimate of drug-likeness (QED) is 0.778. The topological polar surface area (TPSA) is 38.7 Å². The zero-order chi connectivity index (χ0) is 11.3. The van der Waals surface area contributed by atoms with Crippen LogP contribution in [0.4, 0.5) is 13.2 Å². The minimum absolute atomic E-state index is 0.0333. The summed E-state index contributed by atoms with van der Waals surface area (Å²) in [4.78, 5) is 0. The third-order valence-corrected chi connectivity index (χ3v) is 1.49. The van der Waals surface area contributed by atoms with Gasteiger partial charge in [0.05, 0.1) is 6.61 Å². The Morgan fingerprint density at radius 2 is 2.07 bits per heavy atom. The zero-order valence-corrected chi connectivity index (χ0v) is 7.62. The lowest BCUT2D eigenvalue weighted by atomic mass is 10.2. The lowest BCUT2D eigenvalue weighted by molar-refractivity contribution is -0.274. The van der Waals surface area contributed by atoms with Crippen LogP contribution >= 0.6 is 0 Å². The van der Waals surface area contributed by atoms with E-state index in [1.807, 2.05) is 0 Å². The Bertz CT molecular complexity index is 316.